The van der Waals surface area contributed by atoms with Crippen molar-refractivity contribution in [2.75, 3.05) is 19.8 Å². The number of nitrogens with zero attached hydrogens (tertiary/aromatic N) is 2. The second-order valence-electron chi connectivity index (χ2n) is 13.5. The molecule has 10 nitrogen and oxygen atoms in total. The van der Waals surface area contributed by atoms with Crippen LogP contribution in [0.1, 0.15) is 92.9 Å². The maximum Gasteiger partial charge on any atom is 0.306 e. The fraction of sp³-hybridized carbons (Fsp3) is 0.372. The van der Waals surface area contributed by atoms with Gasteiger partial charge in [0.1, 0.15) is 13.2 Å². The van der Waals surface area contributed by atoms with E-state index in [9.17, 15) is 19.2 Å². The highest BCUT2D eigenvalue weighted by molar-refractivity contribution is 6.32. The van der Waals surface area contributed by atoms with E-state index in [1.165, 1.54) is 6.08 Å². The van der Waals surface area contributed by atoms with Crippen molar-refractivity contribution in [3.05, 3.63) is 110 Å². The SMILES string of the molecule is C=CCOC(=O)CCc1c(/C=c2\[nH]/c(=C/C3=NC(=O)C(C)=C3C=C)c(C)c2CCC(=O)OCC=C)[nH]c(C2=C3C(C)=C(CC)C(=O)N3CCCC2)c1C. The molecule has 2 aromatic rings. The van der Waals surface area contributed by atoms with E-state index >= 15 is 0 Å². The molecular formula is C43H50N4O6. The number of aromatic amines is 2. The van der Waals surface area contributed by atoms with Gasteiger partial charge in [0, 0.05) is 58.2 Å². The zero-order chi connectivity index (χ0) is 38.4. The van der Waals surface area contributed by atoms with Crippen LogP contribution in [-0.2, 0) is 41.5 Å². The van der Waals surface area contributed by atoms with Crippen molar-refractivity contribution in [1.29, 1.82) is 0 Å². The molecule has 2 amide bonds. The van der Waals surface area contributed by atoms with Crippen LogP contribution in [0, 0.1) is 13.8 Å². The highest BCUT2D eigenvalue weighted by Gasteiger charge is 2.36. The van der Waals surface area contributed by atoms with Crippen molar-refractivity contribution in [3.8, 4) is 0 Å². The Kier molecular flexibility index (Phi) is 12.3. The molecule has 0 unspecified atom stereocenters. The van der Waals surface area contributed by atoms with E-state index in [4.69, 9.17) is 9.47 Å². The molecule has 5 rings (SSSR count). The lowest BCUT2D eigenvalue weighted by molar-refractivity contribution is -0.143. The summed E-state index contributed by atoms with van der Waals surface area (Å²) >= 11 is 0. The largest absolute Gasteiger partial charge is 0.461 e. The minimum absolute atomic E-state index is 0.0840. The molecule has 0 spiro atoms. The van der Waals surface area contributed by atoms with Gasteiger partial charge in [0.25, 0.3) is 11.8 Å². The lowest BCUT2D eigenvalue weighted by Gasteiger charge is -2.20. The van der Waals surface area contributed by atoms with Crippen LogP contribution in [-0.4, -0.2) is 64.1 Å². The van der Waals surface area contributed by atoms with Crippen molar-refractivity contribution in [1.82, 2.24) is 14.9 Å². The molecule has 0 bridgehead atoms. The number of aliphatic imine (C=N–C) groups is 1. The molecule has 2 aromatic heterocycles. The fourth-order valence-electron chi connectivity index (χ4n) is 7.51. The van der Waals surface area contributed by atoms with Gasteiger partial charge in [0.15, 0.2) is 0 Å². The number of carbonyl (C=O) groups excluding carboxylic acids is 4. The number of allylic oxidation sites excluding steroid dienone is 4. The Morgan fingerprint density at radius 1 is 0.849 bits per heavy atom. The number of hydrogen-bond donors (Lipinski definition) is 2. The standard InChI is InChI=1S/C43H50N4O6/c1-9-21-52-38(48)18-16-31-25(5)34(23-35-29(11-3)28(8)42(50)46-35)44-36(31)24-37-32(17-19-39(49)53-22-10-2)26(6)40(45-37)33-15-13-14-20-47-41(33)27(7)30(12-4)43(47)51/h9-11,23-24,44-45H,1-3,12-22H2,4-8H3/b34-23+,36-24-. The maximum atomic E-state index is 13.5. The van der Waals surface area contributed by atoms with Crippen LogP contribution in [0.15, 0.2) is 70.9 Å². The minimum atomic E-state index is -0.343. The summed E-state index contributed by atoms with van der Waals surface area (Å²) in [7, 11) is 0. The topological polar surface area (TPSA) is 134 Å². The third kappa shape index (κ3) is 7.96. The molecule has 3 aliphatic rings. The number of H-pyrrole nitrogens is 2. The molecule has 0 saturated heterocycles. The number of amides is 2. The zero-order valence-electron chi connectivity index (χ0n) is 31.6. The number of nitrogens with one attached hydrogen (secondary N) is 2. The summed E-state index contributed by atoms with van der Waals surface area (Å²) in [5, 5.41) is 1.51. The van der Waals surface area contributed by atoms with E-state index in [0.717, 1.165) is 86.0 Å². The van der Waals surface area contributed by atoms with Gasteiger partial charge in [0.2, 0.25) is 0 Å². The van der Waals surface area contributed by atoms with E-state index in [2.05, 4.69) is 41.6 Å². The molecule has 278 valence electrons. The quantitative estimate of drug-likeness (QED) is 0.176. The highest BCUT2D eigenvalue weighted by Crippen LogP contribution is 2.42. The van der Waals surface area contributed by atoms with Gasteiger partial charge in [-0.25, -0.2) is 4.99 Å². The number of hydrogen-bond acceptors (Lipinski definition) is 6. The minimum Gasteiger partial charge on any atom is -0.461 e. The monoisotopic (exact) mass is 718 g/mol. The first kappa shape index (κ1) is 38.7. The number of aromatic nitrogens is 2. The predicted octanol–water partition coefficient (Wildman–Crippen LogP) is 5.84. The summed E-state index contributed by atoms with van der Waals surface area (Å²) in [5.41, 5.74) is 11.2. The van der Waals surface area contributed by atoms with Crippen LogP contribution < -0.4 is 10.7 Å². The Morgan fingerprint density at radius 2 is 1.51 bits per heavy atom. The predicted molar refractivity (Wildman–Crippen MR) is 208 cm³/mol. The van der Waals surface area contributed by atoms with Crippen LogP contribution in [0.4, 0.5) is 0 Å². The lowest BCUT2D eigenvalue weighted by Crippen LogP contribution is -2.26. The van der Waals surface area contributed by atoms with E-state index in [1.54, 1.807) is 19.1 Å². The summed E-state index contributed by atoms with van der Waals surface area (Å²) in [5.74, 6) is -0.886. The van der Waals surface area contributed by atoms with Gasteiger partial charge in [-0.3, -0.25) is 19.2 Å². The number of carbonyl (C=O) groups is 4. The van der Waals surface area contributed by atoms with E-state index in [-0.39, 0.29) is 49.8 Å². The molecule has 0 radical (unpaired) electrons. The normalized spacial score (nSPS) is 16.8. The first-order valence-corrected chi connectivity index (χ1v) is 18.3. The molecular weight excluding hydrogens is 668 g/mol. The van der Waals surface area contributed by atoms with Crippen molar-refractivity contribution >= 4 is 47.2 Å². The molecule has 5 heterocycles. The third-order valence-corrected chi connectivity index (χ3v) is 10.3. The second-order valence-corrected chi connectivity index (χ2v) is 13.5. The molecule has 10 heteroatoms. The first-order chi connectivity index (χ1) is 25.4. The second kappa shape index (κ2) is 16.9. The van der Waals surface area contributed by atoms with E-state index in [1.807, 2.05) is 37.8 Å². The summed E-state index contributed by atoms with van der Waals surface area (Å²) in [6, 6.07) is 0. The van der Waals surface area contributed by atoms with Gasteiger partial charge >= 0.3 is 11.9 Å². The molecule has 0 aromatic carbocycles. The third-order valence-electron chi connectivity index (χ3n) is 10.3. The Balaban J connectivity index is 1.72. The van der Waals surface area contributed by atoms with E-state index < -0.39 is 0 Å². The Morgan fingerprint density at radius 3 is 2.13 bits per heavy atom. The van der Waals surface area contributed by atoms with Crippen molar-refractivity contribution in [3.63, 3.8) is 0 Å². The molecule has 0 atom stereocenters. The average molecular weight is 719 g/mol. The van der Waals surface area contributed by atoms with Gasteiger partial charge in [-0.15, -0.1) is 0 Å². The molecule has 0 aliphatic carbocycles. The van der Waals surface area contributed by atoms with Gasteiger partial charge in [-0.1, -0.05) is 44.9 Å². The van der Waals surface area contributed by atoms with Gasteiger partial charge in [0.05, 0.1) is 11.4 Å². The maximum absolute atomic E-state index is 13.5. The lowest BCUT2D eigenvalue weighted by atomic mass is 9.95. The number of esters is 2. The van der Waals surface area contributed by atoms with Crippen molar-refractivity contribution in [2.24, 2.45) is 4.99 Å². The molecule has 0 saturated carbocycles. The summed E-state index contributed by atoms with van der Waals surface area (Å²) in [6.07, 6.45) is 13.0. The van der Waals surface area contributed by atoms with Crippen molar-refractivity contribution in [2.45, 2.75) is 86.0 Å². The summed E-state index contributed by atoms with van der Waals surface area (Å²) in [6.45, 7) is 21.9. The van der Waals surface area contributed by atoms with Gasteiger partial charge in [-0.2, -0.15) is 0 Å². The molecule has 2 N–H and O–H groups in total. The Labute approximate surface area is 311 Å². The van der Waals surface area contributed by atoms with Crippen LogP contribution in [0.3, 0.4) is 0 Å². The smallest absolute Gasteiger partial charge is 0.306 e. The summed E-state index contributed by atoms with van der Waals surface area (Å²) < 4.78 is 10.6. The number of fused-ring (bicyclic) bond motifs is 1. The number of rotatable bonds is 15. The Bertz CT molecular complexity index is 2150. The Hall–Kier alpha value is -5.51. The van der Waals surface area contributed by atoms with Crippen LogP contribution in [0.25, 0.3) is 17.7 Å². The first-order valence-electron chi connectivity index (χ1n) is 18.3. The van der Waals surface area contributed by atoms with Crippen LogP contribution in [0.5, 0.6) is 0 Å². The number of ether oxygens (including phenoxy) is 2. The average Bonchev–Trinajstić information content (AvgIpc) is 3.71. The van der Waals surface area contributed by atoms with E-state index in [0.29, 0.717) is 42.7 Å². The van der Waals surface area contributed by atoms with Crippen molar-refractivity contribution < 1.29 is 28.7 Å². The van der Waals surface area contributed by atoms with Gasteiger partial charge in [-0.05, 0) is 112 Å². The highest BCUT2D eigenvalue weighted by atomic mass is 16.5. The fourth-order valence-corrected chi connectivity index (χ4v) is 7.51. The van der Waals surface area contributed by atoms with Gasteiger partial charge < -0.3 is 24.3 Å². The van der Waals surface area contributed by atoms with Crippen LogP contribution >= 0.6 is 0 Å². The summed E-state index contributed by atoms with van der Waals surface area (Å²) in [4.78, 5) is 64.8. The molecule has 53 heavy (non-hydrogen) atoms. The zero-order valence-corrected chi connectivity index (χ0v) is 31.6. The molecule has 3 aliphatic heterocycles. The van der Waals surface area contributed by atoms with Crippen LogP contribution in [0.2, 0.25) is 0 Å². The molecule has 0 fully saturated rings.